The molecule has 2 aliphatic rings. The van der Waals surface area contributed by atoms with Crippen LogP contribution >= 0.6 is 0 Å². The van der Waals surface area contributed by atoms with Crippen LogP contribution in [0.15, 0.2) is 24.3 Å². The van der Waals surface area contributed by atoms with Crippen LogP contribution in [0, 0.1) is 0 Å². The van der Waals surface area contributed by atoms with Crippen molar-refractivity contribution in [3.05, 3.63) is 29.8 Å². The van der Waals surface area contributed by atoms with Gasteiger partial charge in [-0.05, 0) is 24.1 Å². The van der Waals surface area contributed by atoms with Gasteiger partial charge in [-0.3, -0.25) is 14.5 Å². The number of rotatable bonds is 4. The average molecular weight is 317 g/mol. The first-order chi connectivity index (χ1) is 11.1. The van der Waals surface area contributed by atoms with Gasteiger partial charge < -0.3 is 15.0 Å². The first-order valence-electron chi connectivity index (χ1n) is 7.62. The molecule has 1 aromatic rings. The molecule has 7 heteroatoms. The predicted octanol–water partition coefficient (Wildman–Crippen LogP) is 0.910. The number of ether oxygens (including phenoxy) is 1. The van der Waals surface area contributed by atoms with Crippen LogP contribution in [-0.4, -0.2) is 54.4 Å². The monoisotopic (exact) mass is 317 g/mol. The van der Waals surface area contributed by atoms with Crippen LogP contribution in [0.1, 0.15) is 24.4 Å². The van der Waals surface area contributed by atoms with E-state index in [0.29, 0.717) is 13.1 Å². The molecule has 0 saturated carbocycles. The number of methoxy groups -OCH3 is 1. The van der Waals surface area contributed by atoms with Gasteiger partial charge in [-0.1, -0.05) is 12.1 Å². The van der Waals surface area contributed by atoms with Crippen molar-refractivity contribution >= 4 is 17.8 Å². The molecule has 0 radical (unpaired) electrons. The molecule has 0 bridgehead atoms. The van der Waals surface area contributed by atoms with Crippen LogP contribution in [0.25, 0.3) is 0 Å². The predicted molar refractivity (Wildman–Crippen MR) is 81.8 cm³/mol. The van der Waals surface area contributed by atoms with Crippen LogP contribution in [0.2, 0.25) is 0 Å². The third-order valence-electron chi connectivity index (χ3n) is 4.27. The zero-order chi connectivity index (χ0) is 16.4. The van der Waals surface area contributed by atoms with Crippen molar-refractivity contribution in [1.29, 1.82) is 0 Å². The van der Waals surface area contributed by atoms with Gasteiger partial charge in [-0.25, -0.2) is 4.79 Å². The molecule has 2 aliphatic heterocycles. The van der Waals surface area contributed by atoms with E-state index >= 15 is 0 Å². The molecule has 1 aromatic carbocycles. The van der Waals surface area contributed by atoms with Gasteiger partial charge in [-0.15, -0.1) is 0 Å². The highest BCUT2D eigenvalue weighted by molar-refractivity contribution is 6.00. The van der Waals surface area contributed by atoms with Crippen molar-refractivity contribution in [2.24, 2.45) is 0 Å². The van der Waals surface area contributed by atoms with Crippen LogP contribution in [-0.2, 0) is 9.59 Å². The zero-order valence-corrected chi connectivity index (χ0v) is 12.9. The molecule has 4 amide bonds. The summed E-state index contributed by atoms with van der Waals surface area (Å²) in [4.78, 5) is 38.6. The molecular weight excluding hydrogens is 298 g/mol. The number of likely N-dealkylation sites (tertiary alicyclic amines) is 1. The Labute approximate surface area is 134 Å². The maximum Gasteiger partial charge on any atom is 0.324 e. The minimum Gasteiger partial charge on any atom is -0.497 e. The SMILES string of the molecule is COc1cccc([C@H]2CCN2C(=O)CN2C(=O)CCNC2=O)c1. The number of imide groups is 1. The first-order valence-corrected chi connectivity index (χ1v) is 7.62. The lowest BCUT2D eigenvalue weighted by Crippen LogP contribution is -2.55. The zero-order valence-electron chi connectivity index (χ0n) is 12.9. The molecule has 1 atom stereocenters. The number of nitrogens with zero attached hydrogens (tertiary/aromatic N) is 2. The van der Waals surface area contributed by atoms with Crippen molar-refractivity contribution in [3.63, 3.8) is 0 Å². The van der Waals surface area contributed by atoms with E-state index in [0.717, 1.165) is 22.6 Å². The van der Waals surface area contributed by atoms with E-state index in [4.69, 9.17) is 4.74 Å². The maximum absolute atomic E-state index is 12.4. The number of benzene rings is 1. The molecule has 2 heterocycles. The second-order valence-corrected chi connectivity index (χ2v) is 5.63. The summed E-state index contributed by atoms with van der Waals surface area (Å²) in [5.74, 6) is 0.224. The largest absolute Gasteiger partial charge is 0.497 e. The van der Waals surface area contributed by atoms with Crippen molar-refractivity contribution < 1.29 is 19.1 Å². The summed E-state index contributed by atoms with van der Waals surface area (Å²) in [6.07, 6.45) is 1.09. The summed E-state index contributed by atoms with van der Waals surface area (Å²) < 4.78 is 5.21. The van der Waals surface area contributed by atoms with Gasteiger partial charge in [0.05, 0.1) is 13.2 Å². The van der Waals surface area contributed by atoms with Crippen LogP contribution in [0.5, 0.6) is 5.75 Å². The summed E-state index contributed by atoms with van der Waals surface area (Å²) in [6.45, 7) is 0.758. The van der Waals surface area contributed by atoms with E-state index in [2.05, 4.69) is 5.32 Å². The van der Waals surface area contributed by atoms with Gasteiger partial charge in [0.1, 0.15) is 12.3 Å². The molecule has 0 aromatic heterocycles. The summed E-state index contributed by atoms with van der Waals surface area (Å²) >= 11 is 0. The van der Waals surface area contributed by atoms with Gasteiger partial charge >= 0.3 is 6.03 Å². The highest BCUT2D eigenvalue weighted by atomic mass is 16.5. The first kappa shape index (κ1) is 15.3. The summed E-state index contributed by atoms with van der Waals surface area (Å²) in [6, 6.07) is 7.07. The summed E-state index contributed by atoms with van der Waals surface area (Å²) in [5.41, 5.74) is 0.998. The highest BCUT2D eigenvalue weighted by Crippen LogP contribution is 2.34. The van der Waals surface area contributed by atoms with E-state index in [1.54, 1.807) is 12.0 Å². The summed E-state index contributed by atoms with van der Waals surface area (Å²) in [7, 11) is 1.60. The van der Waals surface area contributed by atoms with E-state index in [9.17, 15) is 14.4 Å². The van der Waals surface area contributed by atoms with Crippen molar-refractivity contribution in [2.75, 3.05) is 26.7 Å². The standard InChI is InChI=1S/C16H19N3O4/c1-23-12-4-2-3-11(9-12)13-6-8-18(13)15(21)10-19-14(20)5-7-17-16(19)22/h2-4,9,13H,5-8,10H2,1H3,(H,17,22)/t13-/m1/s1. The van der Waals surface area contributed by atoms with Gasteiger partial charge in [0.15, 0.2) is 0 Å². The lowest BCUT2D eigenvalue weighted by Gasteiger charge is -2.42. The van der Waals surface area contributed by atoms with Crippen molar-refractivity contribution in [2.45, 2.75) is 18.9 Å². The maximum atomic E-state index is 12.4. The fourth-order valence-corrected chi connectivity index (χ4v) is 2.89. The third kappa shape index (κ3) is 2.99. The molecule has 0 aliphatic carbocycles. The third-order valence-corrected chi connectivity index (χ3v) is 4.27. The van der Waals surface area contributed by atoms with Crippen LogP contribution < -0.4 is 10.1 Å². The van der Waals surface area contributed by atoms with Gasteiger partial charge in [-0.2, -0.15) is 0 Å². The minimum atomic E-state index is -0.493. The molecule has 122 valence electrons. The van der Waals surface area contributed by atoms with Gasteiger partial charge in [0, 0.05) is 19.5 Å². The molecule has 3 rings (SSSR count). The van der Waals surface area contributed by atoms with E-state index in [-0.39, 0.29) is 30.8 Å². The Morgan fingerprint density at radius 2 is 2.22 bits per heavy atom. The topological polar surface area (TPSA) is 79.0 Å². The second kappa shape index (κ2) is 6.28. The molecule has 7 nitrogen and oxygen atoms in total. The smallest absolute Gasteiger partial charge is 0.324 e. The molecular formula is C16H19N3O4. The van der Waals surface area contributed by atoms with E-state index in [1.165, 1.54) is 0 Å². The fourth-order valence-electron chi connectivity index (χ4n) is 2.89. The molecule has 23 heavy (non-hydrogen) atoms. The van der Waals surface area contributed by atoms with E-state index < -0.39 is 6.03 Å². The Morgan fingerprint density at radius 3 is 2.87 bits per heavy atom. The van der Waals surface area contributed by atoms with Crippen molar-refractivity contribution in [3.8, 4) is 5.75 Å². The molecule has 0 unspecified atom stereocenters. The quantitative estimate of drug-likeness (QED) is 0.895. The lowest BCUT2D eigenvalue weighted by atomic mass is 9.94. The molecule has 2 saturated heterocycles. The van der Waals surface area contributed by atoms with Gasteiger partial charge in [0.25, 0.3) is 0 Å². The highest BCUT2D eigenvalue weighted by Gasteiger charge is 2.36. The number of hydrogen-bond donors (Lipinski definition) is 1. The van der Waals surface area contributed by atoms with Gasteiger partial charge in [0.2, 0.25) is 11.8 Å². The van der Waals surface area contributed by atoms with Crippen molar-refractivity contribution in [1.82, 2.24) is 15.1 Å². The number of carbonyl (C=O) groups is 3. The fraction of sp³-hybridized carbons (Fsp3) is 0.438. The second-order valence-electron chi connectivity index (χ2n) is 5.63. The number of urea groups is 1. The lowest BCUT2D eigenvalue weighted by molar-refractivity contribution is -0.144. The molecule has 1 N–H and O–H groups in total. The number of carbonyl (C=O) groups excluding carboxylic acids is 3. The normalized spacial score (nSPS) is 20.8. The number of amides is 4. The Kier molecular flexibility index (Phi) is 4.18. The number of nitrogens with one attached hydrogen (secondary N) is 1. The Hall–Kier alpha value is -2.57. The number of hydrogen-bond acceptors (Lipinski definition) is 4. The Balaban J connectivity index is 1.68. The van der Waals surface area contributed by atoms with Crippen LogP contribution in [0.4, 0.5) is 4.79 Å². The van der Waals surface area contributed by atoms with E-state index in [1.807, 2.05) is 24.3 Å². The minimum absolute atomic E-state index is 0.0273. The Morgan fingerprint density at radius 1 is 1.39 bits per heavy atom. The Bertz CT molecular complexity index is 630. The molecule has 2 fully saturated rings. The summed E-state index contributed by atoms with van der Waals surface area (Å²) in [5, 5.41) is 2.58. The van der Waals surface area contributed by atoms with Crippen LogP contribution in [0.3, 0.4) is 0 Å². The average Bonchev–Trinajstić information content (AvgIpc) is 2.50. The molecule has 0 spiro atoms.